The van der Waals surface area contributed by atoms with Crippen LogP contribution in [0.2, 0.25) is 0 Å². The molecule has 0 aliphatic heterocycles. The highest BCUT2D eigenvalue weighted by atomic mass is 16.3. The predicted octanol–water partition coefficient (Wildman–Crippen LogP) is 3.67. The molecule has 0 amide bonds. The molecule has 2 N–H and O–H groups in total. The van der Waals surface area contributed by atoms with Crippen molar-refractivity contribution < 1.29 is 10.2 Å². The fourth-order valence-electron chi connectivity index (χ4n) is 2.61. The first-order valence-corrected chi connectivity index (χ1v) is 6.51. The molecule has 2 aromatic carbocycles. The second-order valence-electron chi connectivity index (χ2n) is 4.95. The summed E-state index contributed by atoms with van der Waals surface area (Å²) in [6, 6.07) is 12.9. The van der Waals surface area contributed by atoms with Crippen LogP contribution in [0.3, 0.4) is 0 Å². The van der Waals surface area contributed by atoms with Crippen LogP contribution >= 0.6 is 0 Å². The molecule has 0 spiro atoms. The molecule has 0 radical (unpaired) electrons. The summed E-state index contributed by atoms with van der Waals surface area (Å²) in [6.07, 6.45) is 5.14. The third-order valence-corrected chi connectivity index (χ3v) is 3.57. The van der Waals surface area contributed by atoms with Crippen molar-refractivity contribution in [2.24, 2.45) is 0 Å². The van der Waals surface area contributed by atoms with Crippen molar-refractivity contribution >= 4 is 5.57 Å². The van der Waals surface area contributed by atoms with Crippen LogP contribution in [0.4, 0.5) is 0 Å². The summed E-state index contributed by atoms with van der Waals surface area (Å²) in [5, 5.41) is 18.9. The van der Waals surface area contributed by atoms with Crippen LogP contribution < -0.4 is 0 Å². The van der Waals surface area contributed by atoms with E-state index in [0.717, 1.165) is 19.3 Å². The van der Waals surface area contributed by atoms with Gasteiger partial charge in [-0.3, -0.25) is 0 Å². The summed E-state index contributed by atoms with van der Waals surface area (Å²) in [5.41, 5.74) is 4.94. The fourth-order valence-corrected chi connectivity index (χ4v) is 2.61. The second kappa shape index (κ2) is 4.81. The van der Waals surface area contributed by atoms with Gasteiger partial charge in [-0.15, -0.1) is 0 Å². The lowest BCUT2D eigenvalue weighted by Gasteiger charge is -2.18. The number of phenolic OH excluding ortho intramolecular Hbond substituents is 2. The lowest BCUT2D eigenvalue weighted by atomic mass is 9.87. The Bertz CT molecular complexity index is 624. The largest absolute Gasteiger partial charge is 0.508 e. The average molecular weight is 252 g/mol. The Kier molecular flexibility index (Phi) is 3.00. The summed E-state index contributed by atoms with van der Waals surface area (Å²) < 4.78 is 0. The van der Waals surface area contributed by atoms with Crippen LogP contribution in [0.5, 0.6) is 11.5 Å². The molecule has 2 heteroatoms. The maximum atomic E-state index is 9.55. The third-order valence-electron chi connectivity index (χ3n) is 3.57. The van der Waals surface area contributed by atoms with Crippen LogP contribution in [0.15, 0.2) is 48.5 Å². The van der Waals surface area contributed by atoms with E-state index in [1.807, 2.05) is 24.3 Å². The number of allylic oxidation sites excluding steroid dienone is 2. The van der Waals surface area contributed by atoms with Crippen molar-refractivity contribution in [2.75, 3.05) is 0 Å². The molecule has 0 heterocycles. The Morgan fingerprint density at radius 1 is 0.895 bits per heavy atom. The molecular weight excluding hydrogens is 236 g/mol. The van der Waals surface area contributed by atoms with Gasteiger partial charge in [0, 0.05) is 0 Å². The van der Waals surface area contributed by atoms with Crippen LogP contribution in [0.1, 0.15) is 23.1 Å². The number of benzene rings is 2. The Morgan fingerprint density at radius 3 is 2.42 bits per heavy atom. The molecule has 0 fully saturated rings. The minimum Gasteiger partial charge on any atom is -0.508 e. The van der Waals surface area contributed by atoms with Crippen LogP contribution in [-0.4, -0.2) is 10.2 Å². The first-order chi connectivity index (χ1) is 9.22. The zero-order chi connectivity index (χ0) is 13.2. The number of fused-ring (bicyclic) bond motifs is 1. The molecule has 0 bridgehead atoms. The van der Waals surface area contributed by atoms with Crippen LogP contribution in [0.25, 0.3) is 5.57 Å². The Hall–Kier alpha value is -2.22. The number of rotatable bonds is 2. The maximum Gasteiger partial charge on any atom is 0.115 e. The van der Waals surface area contributed by atoms with Gasteiger partial charge in [0.25, 0.3) is 0 Å². The lowest BCUT2D eigenvalue weighted by Crippen LogP contribution is -2.01. The molecule has 0 saturated heterocycles. The van der Waals surface area contributed by atoms with E-state index in [2.05, 4.69) is 6.08 Å². The van der Waals surface area contributed by atoms with E-state index in [-0.39, 0.29) is 0 Å². The number of aromatic hydroxyl groups is 2. The molecule has 3 rings (SSSR count). The summed E-state index contributed by atoms with van der Waals surface area (Å²) in [6.45, 7) is 0. The van der Waals surface area contributed by atoms with Gasteiger partial charge < -0.3 is 10.2 Å². The van der Waals surface area contributed by atoms with Crippen molar-refractivity contribution in [3.05, 3.63) is 65.2 Å². The van der Waals surface area contributed by atoms with Crippen molar-refractivity contribution in [3.8, 4) is 11.5 Å². The molecule has 0 unspecified atom stereocenters. The van der Waals surface area contributed by atoms with Crippen molar-refractivity contribution in [2.45, 2.75) is 19.3 Å². The van der Waals surface area contributed by atoms with Gasteiger partial charge in [0.05, 0.1) is 0 Å². The molecule has 1 aliphatic carbocycles. The molecule has 1 aliphatic rings. The first-order valence-electron chi connectivity index (χ1n) is 6.51. The van der Waals surface area contributed by atoms with Crippen LogP contribution in [-0.2, 0) is 12.8 Å². The van der Waals surface area contributed by atoms with Gasteiger partial charge >= 0.3 is 0 Å². The molecule has 2 nitrogen and oxygen atoms in total. The van der Waals surface area contributed by atoms with E-state index in [4.69, 9.17) is 0 Å². The number of hydrogen-bond donors (Lipinski definition) is 2. The molecule has 0 saturated carbocycles. The zero-order valence-electron chi connectivity index (χ0n) is 10.6. The molecule has 0 aromatic heterocycles. The molecule has 19 heavy (non-hydrogen) atoms. The summed E-state index contributed by atoms with van der Waals surface area (Å²) in [5.74, 6) is 0.635. The van der Waals surface area contributed by atoms with E-state index < -0.39 is 0 Å². The van der Waals surface area contributed by atoms with Gasteiger partial charge in [0.1, 0.15) is 11.5 Å². The van der Waals surface area contributed by atoms with Gasteiger partial charge in [-0.1, -0.05) is 24.3 Å². The summed E-state index contributed by atoms with van der Waals surface area (Å²) in [4.78, 5) is 0. The molecular formula is C17H16O2. The number of aryl methyl sites for hydroxylation is 1. The van der Waals surface area contributed by atoms with E-state index in [1.165, 1.54) is 22.3 Å². The van der Waals surface area contributed by atoms with E-state index in [9.17, 15) is 10.2 Å². The maximum absolute atomic E-state index is 9.55. The van der Waals surface area contributed by atoms with Gasteiger partial charge in [-0.05, 0) is 65.8 Å². The van der Waals surface area contributed by atoms with Crippen molar-refractivity contribution in [1.82, 2.24) is 0 Å². The minimum absolute atomic E-state index is 0.298. The lowest BCUT2D eigenvalue weighted by molar-refractivity contribution is 0.474. The highest BCUT2D eigenvalue weighted by Crippen LogP contribution is 2.31. The first kappa shape index (κ1) is 11.8. The van der Waals surface area contributed by atoms with Crippen molar-refractivity contribution in [1.29, 1.82) is 0 Å². The summed E-state index contributed by atoms with van der Waals surface area (Å²) >= 11 is 0. The normalized spacial score (nSPS) is 13.8. The average Bonchev–Trinajstić information content (AvgIpc) is 2.41. The van der Waals surface area contributed by atoms with Gasteiger partial charge in [-0.2, -0.15) is 0 Å². The highest BCUT2D eigenvalue weighted by Gasteiger charge is 2.13. The van der Waals surface area contributed by atoms with E-state index >= 15 is 0 Å². The SMILES string of the molecule is Oc1ccc(CC2=CCCc3cc(O)ccc32)cc1. The van der Waals surface area contributed by atoms with E-state index in [1.54, 1.807) is 18.2 Å². The summed E-state index contributed by atoms with van der Waals surface area (Å²) in [7, 11) is 0. The standard InChI is InChI=1S/C17H16O2/c18-15-6-4-12(5-7-15)10-13-2-1-3-14-11-16(19)8-9-17(13)14/h2,4-9,11,18-19H,1,3,10H2. The van der Waals surface area contributed by atoms with Crippen molar-refractivity contribution in [3.63, 3.8) is 0 Å². The highest BCUT2D eigenvalue weighted by molar-refractivity contribution is 5.72. The quantitative estimate of drug-likeness (QED) is 0.856. The van der Waals surface area contributed by atoms with Crippen LogP contribution in [0, 0.1) is 0 Å². The molecule has 0 atom stereocenters. The number of phenols is 2. The van der Waals surface area contributed by atoms with Gasteiger partial charge in [0.2, 0.25) is 0 Å². The monoisotopic (exact) mass is 252 g/mol. The molecule has 96 valence electrons. The fraction of sp³-hybridized carbons (Fsp3) is 0.176. The zero-order valence-corrected chi connectivity index (χ0v) is 10.6. The minimum atomic E-state index is 0.298. The third kappa shape index (κ3) is 2.48. The van der Waals surface area contributed by atoms with E-state index in [0.29, 0.717) is 11.5 Å². The van der Waals surface area contributed by atoms with Gasteiger partial charge in [-0.25, -0.2) is 0 Å². The molecule has 2 aromatic rings. The Labute approximate surface area is 112 Å². The Morgan fingerprint density at radius 2 is 1.63 bits per heavy atom. The number of hydrogen-bond acceptors (Lipinski definition) is 2. The smallest absolute Gasteiger partial charge is 0.115 e. The predicted molar refractivity (Wildman–Crippen MR) is 76.2 cm³/mol. The topological polar surface area (TPSA) is 40.5 Å². The second-order valence-corrected chi connectivity index (χ2v) is 4.95. The van der Waals surface area contributed by atoms with Gasteiger partial charge in [0.15, 0.2) is 0 Å². The Balaban J connectivity index is 1.90.